The van der Waals surface area contributed by atoms with Crippen LogP contribution in [0.15, 0.2) is 41.8 Å². The number of amides is 1. The highest BCUT2D eigenvalue weighted by atomic mass is 32.1. The Bertz CT molecular complexity index is 585. The van der Waals surface area contributed by atoms with Gasteiger partial charge >= 0.3 is 0 Å². The highest BCUT2D eigenvalue weighted by Crippen LogP contribution is 2.30. The van der Waals surface area contributed by atoms with E-state index in [4.69, 9.17) is 4.74 Å². The van der Waals surface area contributed by atoms with Crippen LogP contribution in [0.4, 0.5) is 0 Å². The fraction of sp³-hybridized carbons (Fsp3) is 0.353. The second kappa shape index (κ2) is 6.76. The van der Waals surface area contributed by atoms with Gasteiger partial charge in [0, 0.05) is 4.88 Å². The van der Waals surface area contributed by atoms with Crippen molar-refractivity contribution in [2.45, 2.75) is 32.7 Å². The van der Waals surface area contributed by atoms with Crippen LogP contribution in [0.2, 0.25) is 0 Å². The standard InChI is InChI=1S/C17H21NO2S/c1-17(2,3)14-8-4-5-9-15(14)20-12-16(19)18-11-13-7-6-10-21-13/h4-10H,11-12H2,1-3H3,(H,18,19). The minimum absolute atomic E-state index is 0.00988. The molecule has 0 fully saturated rings. The smallest absolute Gasteiger partial charge is 0.258 e. The molecule has 0 aliphatic rings. The Hall–Kier alpha value is -1.81. The van der Waals surface area contributed by atoms with Gasteiger partial charge < -0.3 is 10.1 Å². The van der Waals surface area contributed by atoms with Crippen LogP contribution in [0.5, 0.6) is 5.75 Å². The molecule has 0 spiro atoms. The zero-order valence-corrected chi connectivity index (χ0v) is 13.5. The predicted molar refractivity (Wildman–Crippen MR) is 86.8 cm³/mol. The molecule has 0 unspecified atom stereocenters. The predicted octanol–water partition coefficient (Wildman–Crippen LogP) is 3.74. The summed E-state index contributed by atoms with van der Waals surface area (Å²) in [4.78, 5) is 13.0. The van der Waals surface area contributed by atoms with Gasteiger partial charge in [-0.3, -0.25) is 4.79 Å². The average Bonchev–Trinajstić information content (AvgIpc) is 2.95. The van der Waals surface area contributed by atoms with Gasteiger partial charge in [0.2, 0.25) is 0 Å². The molecule has 1 aromatic carbocycles. The Morgan fingerprint density at radius 3 is 2.62 bits per heavy atom. The number of hydrogen-bond donors (Lipinski definition) is 1. The number of para-hydroxylation sites is 1. The van der Waals surface area contributed by atoms with Crippen LogP contribution in [0.25, 0.3) is 0 Å². The molecular weight excluding hydrogens is 282 g/mol. The maximum absolute atomic E-state index is 11.8. The first-order valence-corrected chi connectivity index (χ1v) is 7.86. The van der Waals surface area contributed by atoms with Gasteiger partial charge in [-0.25, -0.2) is 0 Å². The largest absolute Gasteiger partial charge is 0.483 e. The minimum Gasteiger partial charge on any atom is -0.483 e. The molecule has 0 radical (unpaired) electrons. The van der Waals surface area contributed by atoms with Gasteiger partial charge in [-0.2, -0.15) is 0 Å². The molecular formula is C17H21NO2S. The van der Waals surface area contributed by atoms with Gasteiger partial charge in [-0.05, 0) is 28.5 Å². The molecule has 21 heavy (non-hydrogen) atoms. The molecule has 1 heterocycles. The number of hydrogen-bond acceptors (Lipinski definition) is 3. The summed E-state index contributed by atoms with van der Waals surface area (Å²) in [5, 5.41) is 4.86. The van der Waals surface area contributed by atoms with Crippen molar-refractivity contribution in [1.82, 2.24) is 5.32 Å². The number of carbonyl (C=O) groups is 1. The first-order valence-electron chi connectivity index (χ1n) is 6.98. The maximum Gasteiger partial charge on any atom is 0.258 e. The molecule has 0 bridgehead atoms. The lowest BCUT2D eigenvalue weighted by Crippen LogP contribution is -2.28. The number of rotatable bonds is 5. The third-order valence-electron chi connectivity index (χ3n) is 3.09. The normalized spacial score (nSPS) is 11.2. The molecule has 2 aromatic rings. The monoisotopic (exact) mass is 303 g/mol. The van der Waals surface area contributed by atoms with E-state index in [0.29, 0.717) is 6.54 Å². The number of ether oxygens (including phenoxy) is 1. The molecule has 0 aliphatic heterocycles. The van der Waals surface area contributed by atoms with Crippen LogP contribution in [-0.2, 0) is 16.8 Å². The summed E-state index contributed by atoms with van der Waals surface area (Å²) < 4.78 is 5.69. The molecule has 1 N–H and O–H groups in total. The van der Waals surface area contributed by atoms with Gasteiger partial charge in [0.1, 0.15) is 5.75 Å². The quantitative estimate of drug-likeness (QED) is 0.913. The maximum atomic E-state index is 11.8. The SMILES string of the molecule is CC(C)(C)c1ccccc1OCC(=O)NCc1cccs1. The number of thiophene rings is 1. The third kappa shape index (κ3) is 4.60. The second-order valence-electron chi connectivity index (χ2n) is 5.89. The Balaban J connectivity index is 1.89. The van der Waals surface area contributed by atoms with E-state index in [2.05, 4.69) is 26.1 Å². The van der Waals surface area contributed by atoms with Crippen LogP contribution in [0.1, 0.15) is 31.2 Å². The van der Waals surface area contributed by atoms with Crippen molar-refractivity contribution in [3.8, 4) is 5.75 Å². The molecule has 2 rings (SSSR count). The molecule has 3 nitrogen and oxygen atoms in total. The average molecular weight is 303 g/mol. The van der Waals surface area contributed by atoms with E-state index < -0.39 is 0 Å². The molecule has 0 atom stereocenters. The summed E-state index contributed by atoms with van der Waals surface area (Å²) in [6.45, 7) is 6.99. The van der Waals surface area contributed by atoms with Gasteiger partial charge in [0.25, 0.3) is 5.91 Å². The first-order chi connectivity index (χ1) is 9.97. The van der Waals surface area contributed by atoms with Gasteiger partial charge in [0.05, 0.1) is 6.54 Å². The molecule has 1 aromatic heterocycles. The van der Waals surface area contributed by atoms with Crippen LogP contribution in [0.3, 0.4) is 0 Å². The minimum atomic E-state index is -0.105. The number of nitrogens with one attached hydrogen (secondary N) is 1. The van der Waals surface area contributed by atoms with Crippen molar-refractivity contribution >= 4 is 17.2 Å². The van der Waals surface area contributed by atoms with Gasteiger partial charge in [0.15, 0.2) is 6.61 Å². The Kier molecular flexibility index (Phi) is 5.02. The lowest BCUT2D eigenvalue weighted by Gasteiger charge is -2.22. The zero-order valence-electron chi connectivity index (χ0n) is 12.7. The summed E-state index contributed by atoms with van der Waals surface area (Å²) in [6.07, 6.45) is 0. The van der Waals surface area contributed by atoms with E-state index in [-0.39, 0.29) is 17.9 Å². The molecule has 0 saturated carbocycles. The molecule has 1 amide bonds. The van der Waals surface area contributed by atoms with Crippen molar-refractivity contribution < 1.29 is 9.53 Å². The first kappa shape index (κ1) is 15.6. The van der Waals surface area contributed by atoms with Crippen LogP contribution < -0.4 is 10.1 Å². The zero-order chi connectivity index (χ0) is 15.3. The highest BCUT2D eigenvalue weighted by molar-refractivity contribution is 7.09. The van der Waals surface area contributed by atoms with E-state index in [1.807, 2.05) is 41.8 Å². The number of carbonyl (C=O) groups excluding carboxylic acids is 1. The van der Waals surface area contributed by atoms with Crippen LogP contribution >= 0.6 is 11.3 Å². The third-order valence-corrected chi connectivity index (χ3v) is 3.97. The molecule has 4 heteroatoms. The summed E-state index contributed by atoms with van der Waals surface area (Å²) >= 11 is 1.63. The van der Waals surface area contributed by atoms with Crippen molar-refractivity contribution in [3.05, 3.63) is 52.2 Å². The van der Waals surface area contributed by atoms with E-state index >= 15 is 0 Å². The lowest BCUT2D eigenvalue weighted by atomic mass is 9.86. The second-order valence-corrected chi connectivity index (χ2v) is 6.92. The van der Waals surface area contributed by atoms with Crippen LogP contribution in [-0.4, -0.2) is 12.5 Å². The Morgan fingerprint density at radius 1 is 1.19 bits per heavy atom. The Labute approximate surface area is 130 Å². The molecule has 0 saturated heterocycles. The summed E-state index contributed by atoms with van der Waals surface area (Å²) in [7, 11) is 0. The van der Waals surface area contributed by atoms with E-state index in [0.717, 1.165) is 16.2 Å². The molecule has 112 valence electrons. The van der Waals surface area contributed by atoms with E-state index in [1.54, 1.807) is 11.3 Å². The topological polar surface area (TPSA) is 38.3 Å². The summed E-state index contributed by atoms with van der Waals surface area (Å²) in [5.74, 6) is 0.670. The summed E-state index contributed by atoms with van der Waals surface area (Å²) in [6, 6.07) is 11.8. The van der Waals surface area contributed by atoms with Crippen molar-refractivity contribution in [3.63, 3.8) is 0 Å². The van der Waals surface area contributed by atoms with E-state index in [1.165, 1.54) is 0 Å². The highest BCUT2D eigenvalue weighted by Gasteiger charge is 2.18. The fourth-order valence-electron chi connectivity index (χ4n) is 2.01. The Morgan fingerprint density at radius 2 is 1.95 bits per heavy atom. The molecule has 0 aliphatic carbocycles. The van der Waals surface area contributed by atoms with Crippen LogP contribution in [0, 0.1) is 0 Å². The van der Waals surface area contributed by atoms with E-state index in [9.17, 15) is 4.79 Å². The fourth-order valence-corrected chi connectivity index (χ4v) is 2.65. The van der Waals surface area contributed by atoms with Gasteiger partial charge in [-0.15, -0.1) is 11.3 Å². The number of benzene rings is 1. The van der Waals surface area contributed by atoms with Crippen molar-refractivity contribution in [2.75, 3.05) is 6.61 Å². The van der Waals surface area contributed by atoms with Crippen molar-refractivity contribution in [2.24, 2.45) is 0 Å². The summed E-state index contributed by atoms with van der Waals surface area (Å²) in [5.41, 5.74) is 1.10. The lowest BCUT2D eigenvalue weighted by molar-refractivity contribution is -0.123. The van der Waals surface area contributed by atoms with Crippen molar-refractivity contribution in [1.29, 1.82) is 0 Å². The van der Waals surface area contributed by atoms with Gasteiger partial charge in [-0.1, -0.05) is 45.0 Å².